The highest BCUT2D eigenvalue weighted by Gasteiger charge is 2.32. The van der Waals surface area contributed by atoms with Crippen molar-refractivity contribution >= 4 is 11.9 Å². The minimum Gasteiger partial charge on any atom is -0.444 e. The van der Waals surface area contributed by atoms with Gasteiger partial charge in [0.1, 0.15) is 11.4 Å². The molecule has 0 radical (unpaired) electrons. The van der Waals surface area contributed by atoms with E-state index in [-0.39, 0.29) is 6.04 Å². The third-order valence-electron chi connectivity index (χ3n) is 3.61. The highest BCUT2D eigenvalue weighted by atomic mass is 19.4. The van der Waals surface area contributed by atoms with Crippen LogP contribution in [-0.4, -0.2) is 35.8 Å². The van der Waals surface area contributed by atoms with Gasteiger partial charge in [-0.15, -0.1) is 0 Å². The van der Waals surface area contributed by atoms with E-state index < -0.39 is 23.4 Å². The topological polar surface area (TPSA) is 54.5 Å². The van der Waals surface area contributed by atoms with Gasteiger partial charge < -0.3 is 15.0 Å². The number of carbonyl (C=O) groups excluding carboxylic acids is 1. The standard InChI is InChI=1S/C16H22F3N3O2/c1-15(2,3)24-14(23)21-12-5-8-22(9-6-12)13-10-11(4-7-20-13)16(17,18)19/h4,7,10,12H,5-6,8-9H2,1-3H3,(H,21,23). The number of hydrogen-bond acceptors (Lipinski definition) is 4. The number of rotatable bonds is 2. The molecule has 1 amide bonds. The molecule has 2 rings (SSSR count). The third-order valence-corrected chi connectivity index (χ3v) is 3.61. The number of alkyl carbamates (subject to hydrolysis) is 1. The van der Waals surface area contributed by atoms with E-state index >= 15 is 0 Å². The molecule has 8 heteroatoms. The molecule has 0 aliphatic carbocycles. The molecule has 1 N–H and O–H groups in total. The van der Waals surface area contributed by atoms with Gasteiger partial charge in [-0.3, -0.25) is 0 Å². The first kappa shape index (κ1) is 18.4. The number of pyridine rings is 1. The lowest BCUT2D eigenvalue weighted by molar-refractivity contribution is -0.137. The number of aromatic nitrogens is 1. The Morgan fingerprint density at radius 3 is 2.46 bits per heavy atom. The van der Waals surface area contributed by atoms with Gasteiger partial charge in [-0.25, -0.2) is 9.78 Å². The Bertz CT molecular complexity index is 577. The molecule has 0 atom stereocenters. The maximum Gasteiger partial charge on any atom is 0.416 e. The first-order valence-corrected chi connectivity index (χ1v) is 7.82. The number of nitrogens with one attached hydrogen (secondary N) is 1. The van der Waals surface area contributed by atoms with Crippen molar-refractivity contribution in [2.75, 3.05) is 18.0 Å². The van der Waals surface area contributed by atoms with E-state index in [1.807, 2.05) is 0 Å². The predicted molar refractivity (Wildman–Crippen MR) is 83.8 cm³/mol. The van der Waals surface area contributed by atoms with Gasteiger partial charge in [-0.2, -0.15) is 13.2 Å². The first-order chi connectivity index (χ1) is 11.0. The fourth-order valence-corrected chi connectivity index (χ4v) is 2.49. The van der Waals surface area contributed by atoms with Crippen molar-refractivity contribution in [2.45, 2.75) is 51.4 Å². The Labute approximate surface area is 139 Å². The van der Waals surface area contributed by atoms with E-state index in [2.05, 4.69) is 10.3 Å². The highest BCUT2D eigenvalue weighted by molar-refractivity contribution is 5.68. The van der Waals surface area contributed by atoms with E-state index in [1.54, 1.807) is 25.7 Å². The van der Waals surface area contributed by atoms with Crippen LogP contribution in [0.4, 0.5) is 23.8 Å². The van der Waals surface area contributed by atoms with Gasteiger partial charge >= 0.3 is 12.3 Å². The van der Waals surface area contributed by atoms with Gasteiger partial charge in [0.15, 0.2) is 0 Å². The van der Waals surface area contributed by atoms with Crippen molar-refractivity contribution in [3.8, 4) is 0 Å². The van der Waals surface area contributed by atoms with Crippen molar-refractivity contribution in [3.63, 3.8) is 0 Å². The Morgan fingerprint density at radius 2 is 1.92 bits per heavy atom. The summed E-state index contributed by atoms with van der Waals surface area (Å²) in [6.45, 7) is 6.40. The molecular weight excluding hydrogens is 323 g/mol. The summed E-state index contributed by atoms with van der Waals surface area (Å²) < 4.78 is 43.5. The van der Waals surface area contributed by atoms with E-state index in [0.717, 1.165) is 12.1 Å². The highest BCUT2D eigenvalue weighted by Crippen LogP contribution is 2.31. The lowest BCUT2D eigenvalue weighted by atomic mass is 10.1. The van der Waals surface area contributed by atoms with Crippen molar-refractivity contribution < 1.29 is 22.7 Å². The van der Waals surface area contributed by atoms with Gasteiger partial charge in [0.25, 0.3) is 0 Å². The zero-order valence-corrected chi connectivity index (χ0v) is 14.0. The van der Waals surface area contributed by atoms with Crippen LogP contribution in [0.3, 0.4) is 0 Å². The van der Waals surface area contributed by atoms with Crippen LogP contribution in [0.2, 0.25) is 0 Å². The van der Waals surface area contributed by atoms with Crippen LogP contribution in [0.1, 0.15) is 39.2 Å². The molecule has 1 fully saturated rings. The Balaban J connectivity index is 1.90. The van der Waals surface area contributed by atoms with Gasteiger partial charge in [0.2, 0.25) is 0 Å². The second-order valence-corrected chi connectivity index (χ2v) is 6.81. The molecule has 134 valence electrons. The molecule has 1 aromatic rings. The molecule has 2 heterocycles. The molecule has 1 aromatic heterocycles. The molecule has 0 bridgehead atoms. The van der Waals surface area contributed by atoms with Crippen molar-refractivity contribution in [1.82, 2.24) is 10.3 Å². The largest absolute Gasteiger partial charge is 0.444 e. The number of hydrogen-bond donors (Lipinski definition) is 1. The number of nitrogens with zero attached hydrogens (tertiary/aromatic N) is 2. The second kappa shape index (κ2) is 6.86. The average molecular weight is 345 g/mol. The van der Waals surface area contributed by atoms with Gasteiger partial charge in [0, 0.05) is 25.3 Å². The predicted octanol–water partition coefficient (Wildman–Crippen LogP) is 3.59. The summed E-state index contributed by atoms with van der Waals surface area (Å²) in [6, 6.07) is 1.96. The summed E-state index contributed by atoms with van der Waals surface area (Å²) in [7, 11) is 0. The third kappa shape index (κ3) is 5.28. The van der Waals surface area contributed by atoms with Crippen LogP contribution in [0.25, 0.3) is 0 Å². The summed E-state index contributed by atoms with van der Waals surface area (Å²) >= 11 is 0. The molecule has 0 unspecified atom stereocenters. The Hall–Kier alpha value is -1.99. The van der Waals surface area contributed by atoms with Crippen LogP contribution in [0.15, 0.2) is 18.3 Å². The monoisotopic (exact) mass is 345 g/mol. The van der Waals surface area contributed by atoms with Crippen LogP contribution >= 0.6 is 0 Å². The first-order valence-electron chi connectivity index (χ1n) is 7.82. The molecule has 1 aliphatic heterocycles. The number of halogens is 3. The van der Waals surface area contributed by atoms with Gasteiger partial charge in [-0.05, 0) is 45.7 Å². The zero-order chi connectivity index (χ0) is 18.0. The fourth-order valence-electron chi connectivity index (χ4n) is 2.49. The molecule has 24 heavy (non-hydrogen) atoms. The quantitative estimate of drug-likeness (QED) is 0.890. The normalized spacial score (nSPS) is 16.8. The number of alkyl halides is 3. The summed E-state index contributed by atoms with van der Waals surface area (Å²) in [5.41, 5.74) is -1.27. The fraction of sp³-hybridized carbons (Fsp3) is 0.625. The molecule has 1 aliphatic rings. The van der Waals surface area contributed by atoms with Crippen LogP contribution in [-0.2, 0) is 10.9 Å². The second-order valence-electron chi connectivity index (χ2n) is 6.81. The number of carbonyl (C=O) groups is 1. The van der Waals surface area contributed by atoms with Crippen LogP contribution in [0, 0.1) is 0 Å². The van der Waals surface area contributed by atoms with Gasteiger partial charge in [-0.1, -0.05) is 0 Å². The average Bonchev–Trinajstić information content (AvgIpc) is 2.45. The molecule has 0 saturated carbocycles. The van der Waals surface area contributed by atoms with Crippen molar-refractivity contribution in [3.05, 3.63) is 23.9 Å². The maximum atomic E-state index is 12.8. The molecule has 5 nitrogen and oxygen atoms in total. The maximum absolute atomic E-state index is 12.8. The lowest BCUT2D eigenvalue weighted by Gasteiger charge is -2.33. The van der Waals surface area contributed by atoms with E-state index in [4.69, 9.17) is 4.74 Å². The molecular formula is C16H22F3N3O2. The van der Waals surface area contributed by atoms with E-state index in [0.29, 0.717) is 31.7 Å². The number of ether oxygens (including phenoxy) is 1. The minimum atomic E-state index is -4.38. The SMILES string of the molecule is CC(C)(C)OC(=O)NC1CCN(c2cc(C(F)(F)F)ccn2)CC1. The summed E-state index contributed by atoms with van der Waals surface area (Å²) in [5, 5.41) is 2.79. The van der Waals surface area contributed by atoms with E-state index in [9.17, 15) is 18.0 Å². The van der Waals surface area contributed by atoms with E-state index in [1.165, 1.54) is 6.20 Å². The molecule has 0 spiro atoms. The summed E-state index contributed by atoms with van der Waals surface area (Å²) in [6.07, 6.45) is -2.44. The van der Waals surface area contributed by atoms with Crippen molar-refractivity contribution in [1.29, 1.82) is 0 Å². The van der Waals surface area contributed by atoms with Crippen molar-refractivity contribution in [2.24, 2.45) is 0 Å². The number of piperidine rings is 1. The summed E-state index contributed by atoms with van der Waals surface area (Å²) in [4.78, 5) is 17.6. The summed E-state index contributed by atoms with van der Waals surface area (Å²) in [5.74, 6) is 0.306. The molecule has 0 aromatic carbocycles. The molecule has 1 saturated heterocycles. The number of amides is 1. The number of anilines is 1. The van der Waals surface area contributed by atoms with Crippen LogP contribution < -0.4 is 10.2 Å². The Kier molecular flexibility index (Phi) is 5.25. The van der Waals surface area contributed by atoms with Gasteiger partial charge in [0.05, 0.1) is 5.56 Å². The smallest absolute Gasteiger partial charge is 0.416 e. The zero-order valence-electron chi connectivity index (χ0n) is 14.0. The van der Waals surface area contributed by atoms with Crippen LogP contribution in [0.5, 0.6) is 0 Å². The minimum absolute atomic E-state index is 0.0538. The lowest BCUT2D eigenvalue weighted by Crippen LogP contribution is -2.46. The Morgan fingerprint density at radius 1 is 1.29 bits per heavy atom.